The topological polar surface area (TPSA) is 145 Å². The number of sulfonamides is 2. The number of benzene rings is 2. The van der Waals surface area contributed by atoms with Crippen molar-refractivity contribution >= 4 is 37.1 Å². The molecule has 12 heteroatoms. The first-order chi connectivity index (χ1) is 12.5. The molecule has 0 atom stereocenters. The largest absolute Gasteiger partial charge is 0.492 e. The van der Waals surface area contributed by atoms with E-state index in [0.29, 0.717) is 0 Å². The lowest BCUT2D eigenvalue weighted by Gasteiger charge is -2.14. The second-order valence-corrected chi connectivity index (χ2v) is 8.81. The molecule has 2 aromatic rings. The van der Waals surface area contributed by atoms with Crippen molar-refractivity contribution in [2.24, 2.45) is 0 Å². The highest BCUT2D eigenvalue weighted by Gasteiger charge is 2.19. The zero-order valence-corrected chi connectivity index (χ0v) is 16.0. The third kappa shape index (κ3) is 5.56. The Hall–Kier alpha value is -2.86. The molecule has 10 nitrogen and oxygen atoms in total. The fourth-order valence-corrected chi connectivity index (χ4v) is 3.78. The van der Waals surface area contributed by atoms with Crippen molar-refractivity contribution < 1.29 is 26.5 Å². The summed E-state index contributed by atoms with van der Waals surface area (Å²) in [6.45, 7) is 1.91. The lowest BCUT2D eigenvalue weighted by molar-refractivity contribution is -0.385. The van der Waals surface area contributed by atoms with Crippen LogP contribution in [0.3, 0.4) is 0 Å². The predicted molar refractivity (Wildman–Crippen MR) is 100.0 cm³/mol. The number of nitrogens with zero attached hydrogens (tertiary/aromatic N) is 1. The van der Waals surface area contributed by atoms with Crippen LogP contribution in [0.5, 0.6) is 5.75 Å². The van der Waals surface area contributed by atoms with E-state index in [0.717, 1.165) is 12.3 Å². The summed E-state index contributed by atoms with van der Waals surface area (Å²) in [7, 11) is -7.65. The van der Waals surface area contributed by atoms with Gasteiger partial charge in [0.15, 0.2) is 0 Å². The highest BCUT2D eigenvalue weighted by Crippen LogP contribution is 2.30. The number of anilines is 2. The summed E-state index contributed by atoms with van der Waals surface area (Å²) < 4.78 is 57.7. The van der Waals surface area contributed by atoms with Gasteiger partial charge in [-0.1, -0.05) is 6.07 Å². The van der Waals surface area contributed by atoms with Crippen LogP contribution < -0.4 is 14.2 Å². The Morgan fingerprint density at radius 2 is 1.78 bits per heavy atom. The molecule has 2 N–H and O–H groups in total. The fraction of sp³-hybridized carbons (Fsp3) is 0.200. The number of hydrogen-bond donors (Lipinski definition) is 2. The van der Waals surface area contributed by atoms with E-state index in [1.54, 1.807) is 6.92 Å². The highest BCUT2D eigenvalue weighted by molar-refractivity contribution is 7.92. The quantitative estimate of drug-likeness (QED) is 0.496. The summed E-state index contributed by atoms with van der Waals surface area (Å²) in [5.41, 5.74) is -0.109. The molecule has 0 spiro atoms. The van der Waals surface area contributed by atoms with Gasteiger partial charge in [-0.05, 0) is 25.1 Å². The summed E-state index contributed by atoms with van der Waals surface area (Å²) in [4.78, 5) is 9.84. The first-order valence-corrected chi connectivity index (χ1v) is 10.9. The second kappa shape index (κ2) is 7.80. The van der Waals surface area contributed by atoms with Gasteiger partial charge in [-0.2, -0.15) is 0 Å². The molecular formula is C15H17N3O7S2. The molecule has 0 aromatic heterocycles. The number of nitrogens with one attached hydrogen (secondary N) is 2. The normalized spacial score (nSPS) is 11.6. The zero-order chi connectivity index (χ0) is 20.2. The van der Waals surface area contributed by atoms with Crippen LogP contribution in [-0.4, -0.2) is 34.6 Å². The van der Waals surface area contributed by atoms with Crippen LogP contribution >= 0.6 is 0 Å². The molecule has 2 aromatic carbocycles. The molecule has 146 valence electrons. The second-order valence-electron chi connectivity index (χ2n) is 5.38. The molecule has 0 radical (unpaired) electrons. The monoisotopic (exact) mass is 415 g/mol. The molecule has 0 aliphatic carbocycles. The molecule has 2 rings (SSSR count). The van der Waals surface area contributed by atoms with Crippen LogP contribution in [0, 0.1) is 10.1 Å². The minimum Gasteiger partial charge on any atom is -0.492 e. The maximum atomic E-state index is 12.5. The molecule has 0 bridgehead atoms. The van der Waals surface area contributed by atoms with Crippen molar-refractivity contribution in [1.82, 2.24) is 0 Å². The number of hydrogen-bond acceptors (Lipinski definition) is 7. The minimum atomic E-state index is -4.10. The fourth-order valence-electron chi connectivity index (χ4n) is 2.12. The van der Waals surface area contributed by atoms with Gasteiger partial charge in [0, 0.05) is 18.2 Å². The number of rotatable bonds is 8. The maximum absolute atomic E-state index is 12.5. The van der Waals surface area contributed by atoms with Gasteiger partial charge in [-0.25, -0.2) is 16.8 Å². The van der Waals surface area contributed by atoms with Crippen molar-refractivity contribution in [3.05, 3.63) is 52.6 Å². The summed E-state index contributed by atoms with van der Waals surface area (Å²) in [6.07, 6.45) is 0.974. The molecular weight excluding hydrogens is 398 g/mol. The van der Waals surface area contributed by atoms with E-state index in [2.05, 4.69) is 9.44 Å². The van der Waals surface area contributed by atoms with E-state index in [-0.39, 0.29) is 34.3 Å². The summed E-state index contributed by atoms with van der Waals surface area (Å²) >= 11 is 0. The molecule has 0 aliphatic heterocycles. The molecule has 0 fully saturated rings. The minimum absolute atomic E-state index is 0.101. The van der Waals surface area contributed by atoms with E-state index in [1.165, 1.54) is 36.4 Å². The van der Waals surface area contributed by atoms with Crippen molar-refractivity contribution in [2.75, 3.05) is 22.3 Å². The SMILES string of the molecule is CCOc1cc(NS(=O)(=O)c2cccc([N+](=O)[O-])c2)ccc1NS(C)(=O)=O. The van der Waals surface area contributed by atoms with Crippen molar-refractivity contribution in [3.63, 3.8) is 0 Å². The third-order valence-electron chi connectivity index (χ3n) is 3.17. The summed E-state index contributed by atoms with van der Waals surface area (Å²) in [5.74, 6) is 0.127. The van der Waals surface area contributed by atoms with E-state index < -0.39 is 25.0 Å². The maximum Gasteiger partial charge on any atom is 0.270 e. The molecule has 0 unspecified atom stereocenters. The number of nitro benzene ring substituents is 1. The Bertz CT molecular complexity index is 1070. The van der Waals surface area contributed by atoms with Gasteiger partial charge in [-0.3, -0.25) is 19.6 Å². The smallest absolute Gasteiger partial charge is 0.270 e. The van der Waals surface area contributed by atoms with Crippen molar-refractivity contribution in [1.29, 1.82) is 0 Å². The van der Waals surface area contributed by atoms with Crippen LogP contribution in [-0.2, 0) is 20.0 Å². The van der Waals surface area contributed by atoms with E-state index >= 15 is 0 Å². The summed E-state index contributed by atoms with van der Waals surface area (Å²) in [5, 5.41) is 10.8. The van der Waals surface area contributed by atoms with Gasteiger partial charge >= 0.3 is 0 Å². The lowest BCUT2D eigenvalue weighted by atomic mass is 10.2. The standard InChI is InChI=1S/C15H17N3O7S2/c1-3-25-15-9-11(7-8-14(15)17-26(2,21)22)16-27(23,24)13-6-4-5-12(10-13)18(19)20/h4-10,16-17H,3H2,1-2H3. The Morgan fingerprint density at radius 1 is 1.07 bits per heavy atom. The van der Waals surface area contributed by atoms with Gasteiger partial charge < -0.3 is 4.74 Å². The van der Waals surface area contributed by atoms with Gasteiger partial charge in [0.2, 0.25) is 10.0 Å². The predicted octanol–water partition coefficient (Wildman–Crippen LogP) is 2.17. The van der Waals surface area contributed by atoms with Gasteiger partial charge in [0.1, 0.15) is 5.75 Å². The molecule has 0 aliphatic rings. The number of nitro groups is 1. The molecule has 0 saturated heterocycles. The molecule has 27 heavy (non-hydrogen) atoms. The van der Waals surface area contributed by atoms with Gasteiger partial charge in [0.25, 0.3) is 15.7 Å². The van der Waals surface area contributed by atoms with Gasteiger partial charge in [-0.15, -0.1) is 0 Å². The van der Waals surface area contributed by atoms with Crippen molar-refractivity contribution in [3.8, 4) is 5.75 Å². The Morgan fingerprint density at radius 3 is 2.37 bits per heavy atom. The third-order valence-corrected chi connectivity index (χ3v) is 5.14. The first kappa shape index (κ1) is 20.5. The molecule has 0 saturated carbocycles. The zero-order valence-electron chi connectivity index (χ0n) is 14.4. The van der Waals surface area contributed by atoms with Crippen LogP contribution in [0.15, 0.2) is 47.4 Å². The average molecular weight is 415 g/mol. The summed E-state index contributed by atoms with van der Waals surface area (Å²) in [6, 6.07) is 8.59. The lowest BCUT2D eigenvalue weighted by Crippen LogP contribution is -2.14. The Balaban J connectivity index is 2.37. The van der Waals surface area contributed by atoms with Crippen LogP contribution in [0.4, 0.5) is 17.1 Å². The molecule has 0 heterocycles. The van der Waals surface area contributed by atoms with Crippen LogP contribution in [0.1, 0.15) is 6.92 Å². The highest BCUT2D eigenvalue weighted by atomic mass is 32.2. The van der Waals surface area contributed by atoms with Crippen molar-refractivity contribution in [2.45, 2.75) is 11.8 Å². The van der Waals surface area contributed by atoms with E-state index in [4.69, 9.17) is 4.74 Å². The number of non-ortho nitro benzene ring substituents is 1. The van der Waals surface area contributed by atoms with Gasteiger partial charge in [0.05, 0.1) is 34.1 Å². The van der Waals surface area contributed by atoms with E-state index in [9.17, 15) is 26.9 Å². The first-order valence-electron chi connectivity index (χ1n) is 7.54. The number of ether oxygens (including phenoxy) is 1. The molecule has 0 amide bonds. The van der Waals surface area contributed by atoms with Crippen LogP contribution in [0.2, 0.25) is 0 Å². The Kier molecular flexibility index (Phi) is 5.91. The average Bonchev–Trinajstić information content (AvgIpc) is 2.56. The van der Waals surface area contributed by atoms with Crippen LogP contribution in [0.25, 0.3) is 0 Å². The Labute approximate surface area is 156 Å². The van der Waals surface area contributed by atoms with E-state index in [1.807, 2.05) is 0 Å².